The van der Waals surface area contributed by atoms with Crippen LogP contribution in [0.5, 0.6) is 0 Å². The zero-order valence-electron chi connectivity index (χ0n) is 21.6. The van der Waals surface area contributed by atoms with Crippen molar-refractivity contribution < 1.29 is 0 Å². The van der Waals surface area contributed by atoms with Crippen LogP contribution >= 0.6 is 22.7 Å². The number of hydrogen-bond acceptors (Lipinski definition) is 4. The first kappa shape index (κ1) is 24.4. The highest BCUT2D eigenvalue weighted by Gasteiger charge is 2.21. The van der Waals surface area contributed by atoms with Crippen molar-refractivity contribution in [1.82, 2.24) is 9.97 Å². The molecule has 0 amide bonds. The van der Waals surface area contributed by atoms with Crippen LogP contribution in [0.2, 0.25) is 0 Å². The molecule has 0 atom stereocenters. The Morgan fingerprint density at radius 2 is 0.750 bits per heavy atom. The molecule has 0 aliphatic rings. The van der Waals surface area contributed by atoms with Crippen molar-refractivity contribution in [2.24, 2.45) is 0 Å². The van der Waals surface area contributed by atoms with Crippen LogP contribution in [0.15, 0.2) is 144 Å². The first-order chi connectivity index (χ1) is 19.9. The van der Waals surface area contributed by atoms with Gasteiger partial charge in [-0.2, -0.15) is 0 Å². The summed E-state index contributed by atoms with van der Waals surface area (Å²) in [7, 11) is 0. The number of rotatable bonds is 6. The topological polar surface area (TPSA) is 25.8 Å². The molecule has 0 unspecified atom stereocenters. The molecule has 0 saturated carbocycles. The van der Waals surface area contributed by atoms with Crippen molar-refractivity contribution in [1.29, 1.82) is 0 Å². The predicted molar refractivity (Wildman–Crippen MR) is 170 cm³/mol. The third-order valence-electron chi connectivity index (χ3n) is 6.98. The lowest BCUT2D eigenvalue weighted by molar-refractivity contribution is 1.22. The van der Waals surface area contributed by atoms with Gasteiger partial charge in [0.15, 0.2) is 0 Å². The summed E-state index contributed by atoms with van der Waals surface area (Å²) in [4.78, 5) is 12.2. The molecule has 2 nitrogen and oxygen atoms in total. The first-order valence-electron chi connectivity index (χ1n) is 13.1. The van der Waals surface area contributed by atoms with Crippen molar-refractivity contribution in [3.05, 3.63) is 144 Å². The van der Waals surface area contributed by atoms with Crippen molar-refractivity contribution in [3.8, 4) is 65.6 Å². The van der Waals surface area contributed by atoms with E-state index in [0.717, 1.165) is 21.1 Å². The molecule has 0 bridgehead atoms. The van der Waals surface area contributed by atoms with Gasteiger partial charge in [0, 0.05) is 22.3 Å². The Morgan fingerprint density at radius 3 is 1.12 bits per heavy atom. The Kier molecular flexibility index (Phi) is 6.62. The fourth-order valence-electron chi connectivity index (χ4n) is 5.12. The van der Waals surface area contributed by atoms with E-state index in [0.29, 0.717) is 0 Å². The van der Waals surface area contributed by atoms with Crippen LogP contribution in [0.3, 0.4) is 0 Å². The second-order valence-corrected chi connectivity index (χ2v) is 11.2. The molecule has 0 spiro atoms. The average molecular weight is 549 g/mol. The van der Waals surface area contributed by atoms with Gasteiger partial charge in [-0.3, -0.25) is 4.98 Å². The highest BCUT2D eigenvalue weighted by atomic mass is 32.1. The molecule has 4 aromatic carbocycles. The third kappa shape index (κ3) is 4.58. The normalized spacial score (nSPS) is 11.0. The van der Waals surface area contributed by atoms with Crippen molar-refractivity contribution in [2.75, 3.05) is 0 Å². The summed E-state index contributed by atoms with van der Waals surface area (Å²) in [5.41, 5.74) is 11.3. The minimum absolute atomic E-state index is 0.886. The summed E-state index contributed by atoms with van der Waals surface area (Å²) in [5, 5.41) is 4.49. The van der Waals surface area contributed by atoms with E-state index in [1.54, 1.807) is 22.7 Å². The quantitative estimate of drug-likeness (QED) is 0.207. The van der Waals surface area contributed by atoms with Crippen molar-refractivity contribution >= 4 is 22.7 Å². The molecule has 0 aliphatic carbocycles. The van der Waals surface area contributed by atoms with E-state index in [1.165, 1.54) is 44.5 Å². The molecular weight excluding hydrogens is 525 g/mol. The monoisotopic (exact) mass is 548 g/mol. The molecule has 0 saturated heterocycles. The number of nitrogens with zero attached hydrogens (tertiary/aromatic N) is 2. The number of thiophene rings is 2. The fraction of sp³-hybridized carbons (Fsp3) is 0. The van der Waals surface area contributed by atoms with E-state index in [2.05, 4.69) is 132 Å². The lowest BCUT2D eigenvalue weighted by Crippen LogP contribution is -1.91. The van der Waals surface area contributed by atoms with Crippen LogP contribution in [0.4, 0.5) is 0 Å². The molecule has 0 aliphatic heterocycles. The van der Waals surface area contributed by atoms with Gasteiger partial charge in [-0.15, -0.1) is 22.7 Å². The standard InChI is InChI=1S/C36H24N2S2/c1-5-13-25(14-6-1)29-23-39-35(33(29)27-17-9-3-10-18-27)31-21-37-22-32(38-31)36-34(28-19-11-4-12-20-28)30(24-40-36)26-15-7-2-8-16-26/h1-24H. The molecule has 3 aromatic heterocycles. The van der Waals surface area contributed by atoms with Gasteiger partial charge in [-0.05, 0) is 33.0 Å². The molecule has 7 rings (SSSR count). The summed E-state index contributed by atoms with van der Waals surface area (Å²) in [6.45, 7) is 0. The fourth-order valence-corrected chi connectivity index (χ4v) is 7.23. The predicted octanol–water partition coefficient (Wildman–Crippen LogP) is 10.6. The number of hydrogen-bond donors (Lipinski definition) is 0. The van der Waals surface area contributed by atoms with Crippen LogP contribution in [0.25, 0.3) is 65.6 Å². The van der Waals surface area contributed by atoms with Gasteiger partial charge in [0.1, 0.15) is 0 Å². The van der Waals surface area contributed by atoms with Gasteiger partial charge >= 0.3 is 0 Å². The highest BCUT2D eigenvalue weighted by molar-refractivity contribution is 7.15. The van der Waals surface area contributed by atoms with Gasteiger partial charge in [0.05, 0.1) is 33.5 Å². The Morgan fingerprint density at radius 1 is 0.400 bits per heavy atom. The van der Waals surface area contributed by atoms with E-state index in [1.807, 2.05) is 12.4 Å². The second-order valence-electron chi connectivity index (χ2n) is 9.46. The lowest BCUT2D eigenvalue weighted by Gasteiger charge is -2.11. The first-order valence-corrected chi connectivity index (χ1v) is 14.9. The SMILES string of the molecule is c1ccc(-c2csc(-c3cncc(-c4scc(-c5ccccc5)c4-c4ccccc4)n3)c2-c2ccccc2)cc1. The van der Waals surface area contributed by atoms with Gasteiger partial charge < -0.3 is 0 Å². The second kappa shape index (κ2) is 10.9. The minimum Gasteiger partial charge on any atom is -0.260 e. The van der Waals surface area contributed by atoms with Crippen LogP contribution in [0, 0.1) is 0 Å². The Balaban J connectivity index is 1.40. The number of benzene rings is 4. The molecule has 4 heteroatoms. The maximum Gasteiger partial charge on any atom is 0.0999 e. The smallest absolute Gasteiger partial charge is 0.0999 e. The van der Waals surface area contributed by atoms with E-state index in [-0.39, 0.29) is 0 Å². The summed E-state index contributed by atoms with van der Waals surface area (Å²) in [5.74, 6) is 0. The summed E-state index contributed by atoms with van der Waals surface area (Å²) >= 11 is 3.45. The van der Waals surface area contributed by atoms with Crippen LogP contribution in [0.1, 0.15) is 0 Å². The molecule has 0 radical (unpaired) electrons. The molecular formula is C36H24N2S2. The highest BCUT2D eigenvalue weighted by Crippen LogP contribution is 2.47. The van der Waals surface area contributed by atoms with E-state index in [9.17, 15) is 0 Å². The maximum absolute atomic E-state index is 5.26. The zero-order valence-corrected chi connectivity index (χ0v) is 23.2. The van der Waals surface area contributed by atoms with Crippen molar-refractivity contribution in [2.45, 2.75) is 0 Å². The van der Waals surface area contributed by atoms with Gasteiger partial charge in [-0.25, -0.2) is 4.98 Å². The Hall–Kier alpha value is -4.64. The Labute approximate surface area is 241 Å². The summed E-state index contributed by atoms with van der Waals surface area (Å²) < 4.78 is 0. The lowest BCUT2D eigenvalue weighted by atomic mass is 9.95. The van der Waals surface area contributed by atoms with Crippen LogP contribution < -0.4 is 0 Å². The van der Waals surface area contributed by atoms with Crippen molar-refractivity contribution in [3.63, 3.8) is 0 Å². The zero-order chi connectivity index (χ0) is 26.7. The van der Waals surface area contributed by atoms with E-state index in [4.69, 9.17) is 9.97 Å². The van der Waals surface area contributed by atoms with E-state index < -0.39 is 0 Å². The molecule has 40 heavy (non-hydrogen) atoms. The average Bonchev–Trinajstić information content (AvgIpc) is 3.69. The van der Waals surface area contributed by atoms with Crippen LogP contribution in [-0.2, 0) is 0 Å². The minimum atomic E-state index is 0.886. The van der Waals surface area contributed by atoms with Gasteiger partial charge in [0.2, 0.25) is 0 Å². The van der Waals surface area contributed by atoms with Crippen LogP contribution in [-0.4, -0.2) is 9.97 Å². The maximum atomic E-state index is 5.26. The molecule has 7 aromatic rings. The molecule has 0 N–H and O–H groups in total. The third-order valence-corrected chi connectivity index (χ3v) is 8.98. The Bertz CT molecular complexity index is 1740. The molecule has 3 heterocycles. The molecule has 190 valence electrons. The summed E-state index contributed by atoms with van der Waals surface area (Å²) in [6.07, 6.45) is 3.79. The molecule has 0 fully saturated rings. The van der Waals surface area contributed by atoms with Gasteiger partial charge in [0.25, 0.3) is 0 Å². The largest absolute Gasteiger partial charge is 0.260 e. The summed E-state index contributed by atoms with van der Waals surface area (Å²) in [6, 6.07) is 42.4. The number of aromatic nitrogens is 2. The van der Waals surface area contributed by atoms with E-state index >= 15 is 0 Å². The van der Waals surface area contributed by atoms with Gasteiger partial charge in [-0.1, -0.05) is 121 Å².